The third kappa shape index (κ3) is 3.72. The van der Waals surface area contributed by atoms with E-state index in [-0.39, 0.29) is 11.9 Å². The zero-order valence-electron chi connectivity index (χ0n) is 18.1. The van der Waals surface area contributed by atoms with E-state index < -0.39 is 5.82 Å². The normalized spacial score (nSPS) is 16.5. The molecule has 0 radical (unpaired) electrons. The molecule has 1 aromatic carbocycles. The van der Waals surface area contributed by atoms with E-state index in [0.29, 0.717) is 17.2 Å². The van der Waals surface area contributed by atoms with Crippen LogP contribution in [0.15, 0.2) is 36.8 Å². The van der Waals surface area contributed by atoms with Gasteiger partial charge in [0.05, 0.1) is 23.0 Å². The minimum absolute atomic E-state index is 0.0179. The van der Waals surface area contributed by atoms with Crippen LogP contribution in [-0.2, 0) is 6.42 Å². The van der Waals surface area contributed by atoms with Gasteiger partial charge in [0.2, 0.25) is 0 Å². The maximum atomic E-state index is 14.1. The lowest BCUT2D eigenvalue weighted by Crippen LogP contribution is -2.33. The summed E-state index contributed by atoms with van der Waals surface area (Å²) < 4.78 is 16.2. The monoisotopic (exact) mass is 408 g/mol. The zero-order valence-corrected chi connectivity index (χ0v) is 18.1. The van der Waals surface area contributed by atoms with E-state index in [1.165, 1.54) is 23.1 Å². The summed E-state index contributed by atoms with van der Waals surface area (Å²) in [4.78, 5) is 19.2. The number of amides is 1. The Balaban J connectivity index is 1.88. The smallest absolute Gasteiger partial charge is 0.256 e. The Hall–Kier alpha value is -2.73. The Morgan fingerprint density at radius 2 is 2.17 bits per heavy atom. The standard InChI is InChI=1S/C24H29FN4O/c1-15(2)28(4)24(30)20-10-19(25)5-6-21(20)29-14-18(9-17-7-8-26-12-17)23-16(3)11-27-13-22(23)29/h5-6,10-11,13-15,17,26H,7-9,12H2,1-4H3/t17-/m0/s1. The highest BCUT2D eigenvalue weighted by atomic mass is 19.1. The van der Waals surface area contributed by atoms with Crippen LogP contribution in [0.4, 0.5) is 4.39 Å². The lowest BCUT2D eigenvalue weighted by atomic mass is 9.97. The fraction of sp³-hybridized carbons (Fsp3) is 0.417. The van der Waals surface area contributed by atoms with Crippen molar-refractivity contribution >= 4 is 16.8 Å². The highest BCUT2D eigenvalue weighted by molar-refractivity contribution is 5.99. The Morgan fingerprint density at radius 1 is 1.37 bits per heavy atom. The molecule has 5 nitrogen and oxygen atoms in total. The van der Waals surface area contributed by atoms with Gasteiger partial charge in [-0.2, -0.15) is 0 Å². The van der Waals surface area contributed by atoms with Crippen molar-refractivity contribution in [3.8, 4) is 5.69 Å². The molecular weight excluding hydrogens is 379 g/mol. The summed E-state index contributed by atoms with van der Waals surface area (Å²) in [5, 5.41) is 4.61. The number of fused-ring (bicyclic) bond motifs is 1. The molecule has 1 fully saturated rings. The molecule has 3 aromatic rings. The molecule has 0 aliphatic carbocycles. The SMILES string of the molecule is Cc1cncc2c1c(C[C@@H]1CCNC1)cn2-c1ccc(F)cc1C(=O)N(C)C(C)C. The van der Waals surface area contributed by atoms with Crippen molar-refractivity contribution < 1.29 is 9.18 Å². The molecule has 6 heteroatoms. The lowest BCUT2D eigenvalue weighted by molar-refractivity contribution is 0.0754. The fourth-order valence-electron chi connectivity index (χ4n) is 4.31. The first-order chi connectivity index (χ1) is 14.4. The number of benzene rings is 1. The van der Waals surface area contributed by atoms with Gasteiger partial charge < -0.3 is 14.8 Å². The second-order valence-corrected chi connectivity index (χ2v) is 8.61. The topological polar surface area (TPSA) is 50.2 Å². The van der Waals surface area contributed by atoms with Crippen LogP contribution in [0.3, 0.4) is 0 Å². The lowest BCUT2D eigenvalue weighted by Gasteiger charge is -2.23. The van der Waals surface area contributed by atoms with Crippen molar-refractivity contribution in [2.24, 2.45) is 5.92 Å². The molecule has 30 heavy (non-hydrogen) atoms. The predicted molar refractivity (Wildman–Crippen MR) is 118 cm³/mol. The average Bonchev–Trinajstić information content (AvgIpc) is 3.36. The summed E-state index contributed by atoms with van der Waals surface area (Å²) in [6.45, 7) is 8.05. The van der Waals surface area contributed by atoms with E-state index in [2.05, 4.69) is 23.4 Å². The maximum absolute atomic E-state index is 14.1. The summed E-state index contributed by atoms with van der Waals surface area (Å²) in [6, 6.07) is 4.47. The molecule has 1 N–H and O–H groups in total. The van der Waals surface area contributed by atoms with Crippen molar-refractivity contribution in [2.75, 3.05) is 20.1 Å². The minimum atomic E-state index is -0.415. The first-order valence-electron chi connectivity index (χ1n) is 10.6. The average molecular weight is 409 g/mol. The van der Waals surface area contributed by atoms with Crippen LogP contribution in [0, 0.1) is 18.7 Å². The molecule has 0 unspecified atom stereocenters. The third-order valence-electron chi connectivity index (χ3n) is 6.20. The largest absolute Gasteiger partial charge is 0.339 e. The van der Waals surface area contributed by atoms with Crippen molar-refractivity contribution in [1.29, 1.82) is 0 Å². The summed E-state index contributed by atoms with van der Waals surface area (Å²) in [6.07, 6.45) is 7.96. The van der Waals surface area contributed by atoms with Crippen molar-refractivity contribution in [3.05, 3.63) is 59.3 Å². The second-order valence-electron chi connectivity index (χ2n) is 8.61. The molecule has 4 rings (SSSR count). The first kappa shape index (κ1) is 20.5. The molecule has 3 heterocycles. The van der Waals surface area contributed by atoms with Crippen LogP contribution >= 0.6 is 0 Å². The second kappa shape index (κ2) is 8.19. The number of aryl methyl sites for hydroxylation is 1. The van der Waals surface area contributed by atoms with Gasteiger partial charge in [-0.05, 0) is 81.9 Å². The number of nitrogens with one attached hydrogen (secondary N) is 1. The van der Waals surface area contributed by atoms with Crippen molar-refractivity contribution in [2.45, 2.75) is 39.7 Å². The quantitative estimate of drug-likeness (QED) is 0.691. The van der Waals surface area contributed by atoms with E-state index >= 15 is 0 Å². The van der Waals surface area contributed by atoms with Crippen molar-refractivity contribution in [3.63, 3.8) is 0 Å². The number of aromatic nitrogens is 2. The maximum Gasteiger partial charge on any atom is 0.256 e. The van der Waals surface area contributed by atoms with Gasteiger partial charge in [-0.25, -0.2) is 4.39 Å². The zero-order chi connectivity index (χ0) is 21.4. The molecule has 0 saturated carbocycles. The number of hydrogen-bond donors (Lipinski definition) is 1. The Kier molecular flexibility index (Phi) is 5.60. The van der Waals surface area contributed by atoms with Gasteiger partial charge >= 0.3 is 0 Å². The predicted octanol–water partition coefficient (Wildman–Crippen LogP) is 4.11. The van der Waals surface area contributed by atoms with E-state index in [1.807, 2.05) is 30.8 Å². The van der Waals surface area contributed by atoms with Gasteiger partial charge in [-0.15, -0.1) is 0 Å². The summed E-state index contributed by atoms with van der Waals surface area (Å²) in [5.74, 6) is -0.0104. The van der Waals surface area contributed by atoms with Gasteiger partial charge in [0, 0.05) is 30.9 Å². The molecule has 1 atom stereocenters. The molecule has 1 saturated heterocycles. The number of halogens is 1. The van der Waals surface area contributed by atoms with E-state index in [9.17, 15) is 9.18 Å². The van der Waals surface area contributed by atoms with Crippen LogP contribution < -0.4 is 5.32 Å². The molecule has 158 valence electrons. The Labute approximate surface area is 176 Å². The van der Waals surface area contributed by atoms with Crippen LogP contribution in [0.1, 0.15) is 41.8 Å². The first-order valence-corrected chi connectivity index (χ1v) is 10.6. The van der Waals surface area contributed by atoms with Gasteiger partial charge in [0.25, 0.3) is 5.91 Å². The summed E-state index contributed by atoms with van der Waals surface area (Å²) in [7, 11) is 1.75. The number of rotatable bonds is 5. The molecule has 2 aromatic heterocycles. The molecular formula is C24H29FN4O. The van der Waals surface area contributed by atoms with Crippen molar-refractivity contribution in [1.82, 2.24) is 19.8 Å². The van der Waals surface area contributed by atoms with E-state index in [4.69, 9.17) is 0 Å². The Bertz CT molecular complexity index is 1080. The number of hydrogen-bond acceptors (Lipinski definition) is 3. The fourth-order valence-corrected chi connectivity index (χ4v) is 4.31. The number of pyridine rings is 1. The van der Waals surface area contributed by atoms with Crippen LogP contribution in [0.2, 0.25) is 0 Å². The molecule has 0 spiro atoms. The van der Waals surface area contributed by atoms with Gasteiger partial charge in [-0.1, -0.05) is 0 Å². The molecule has 1 aliphatic rings. The highest BCUT2D eigenvalue weighted by Crippen LogP contribution is 2.31. The van der Waals surface area contributed by atoms with E-state index in [1.54, 1.807) is 18.0 Å². The van der Waals surface area contributed by atoms with E-state index in [0.717, 1.165) is 37.0 Å². The van der Waals surface area contributed by atoms with Gasteiger partial charge in [-0.3, -0.25) is 9.78 Å². The number of carbonyl (C=O) groups is 1. The number of carbonyl (C=O) groups excluding carboxylic acids is 1. The third-order valence-corrected chi connectivity index (χ3v) is 6.20. The molecule has 1 amide bonds. The molecule has 0 bridgehead atoms. The Morgan fingerprint density at radius 3 is 2.87 bits per heavy atom. The van der Waals surface area contributed by atoms with Crippen LogP contribution in [-0.4, -0.2) is 46.5 Å². The van der Waals surface area contributed by atoms with Crippen LogP contribution in [0.5, 0.6) is 0 Å². The van der Waals surface area contributed by atoms with Gasteiger partial charge in [0.15, 0.2) is 0 Å². The summed E-state index contributed by atoms with van der Waals surface area (Å²) >= 11 is 0. The minimum Gasteiger partial charge on any atom is -0.339 e. The van der Waals surface area contributed by atoms with Gasteiger partial charge in [0.1, 0.15) is 5.82 Å². The molecule has 1 aliphatic heterocycles. The summed E-state index contributed by atoms with van der Waals surface area (Å²) in [5.41, 5.74) is 4.35. The highest BCUT2D eigenvalue weighted by Gasteiger charge is 2.23. The van der Waals surface area contributed by atoms with Crippen LogP contribution in [0.25, 0.3) is 16.6 Å². The number of nitrogens with zero attached hydrogens (tertiary/aromatic N) is 3.